The molecule has 1 heterocycles. The molecule has 0 aromatic carbocycles. The van der Waals surface area contributed by atoms with Crippen LogP contribution in [0.1, 0.15) is 12.6 Å². The summed E-state index contributed by atoms with van der Waals surface area (Å²) in [6.45, 7) is 2.04. The van der Waals surface area contributed by atoms with E-state index in [1.165, 1.54) is 5.57 Å². The Bertz CT molecular complexity index is 285. The molecule has 0 saturated carbocycles. The number of halogens is 2. The number of nitrogens with zero attached hydrogens (tertiary/aromatic N) is 2. The maximum atomic E-state index is 5.90. The number of alkyl halides is 1. The second kappa shape index (κ2) is 4.10. The van der Waals surface area contributed by atoms with Gasteiger partial charge in [0.25, 0.3) is 0 Å². The van der Waals surface area contributed by atoms with Gasteiger partial charge < -0.3 is 0 Å². The number of hydrogen-bond acceptors (Lipinski definition) is 1. The van der Waals surface area contributed by atoms with Gasteiger partial charge in [0, 0.05) is 12.4 Å². The largest absolute Gasteiger partial charge is 0.267 e. The van der Waals surface area contributed by atoms with Crippen LogP contribution in [0, 0.1) is 0 Å². The predicted octanol–water partition coefficient (Wildman–Crippen LogP) is 2.87. The van der Waals surface area contributed by atoms with Crippen molar-refractivity contribution >= 4 is 33.6 Å². The number of aryl methyl sites for hydroxylation is 1. The summed E-state index contributed by atoms with van der Waals surface area (Å²) in [5.74, 6) is 0. The van der Waals surface area contributed by atoms with E-state index < -0.39 is 0 Å². The van der Waals surface area contributed by atoms with Crippen molar-refractivity contribution < 1.29 is 0 Å². The second-order valence-corrected chi connectivity index (χ2v) is 3.59. The molecule has 12 heavy (non-hydrogen) atoms. The molecule has 0 aliphatic carbocycles. The first-order valence-corrected chi connectivity index (χ1v) is 5.05. The molecule has 0 spiro atoms. The van der Waals surface area contributed by atoms with Crippen LogP contribution < -0.4 is 0 Å². The number of aromatic nitrogens is 2. The molecule has 0 bridgehead atoms. The van der Waals surface area contributed by atoms with Gasteiger partial charge in [-0.2, -0.15) is 5.10 Å². The van der Waals surface area contributed by atoms with Crippen molar-refractivity contribution in [3.63, 3.8) is 0 Å². The Labute approximate surface area is 85.3 Å². The van der Waals surface area contributed by atoms with Gasteiger partial charge in [0.15, 0.2) is 0 Å². The molecule has 1 aromatic rings. The van der Waals surface area contributed by atoms with Gasteiger partial charge in [-0.25, -0.2) is 0 Å². The van der Waals surface area contributed by atoms with E-state index in [1.54, 1.807) is 10.9 Å². The van der Waals surface area contributed by atoms with Gasteiger partial charge in [0.2, 0.25) is 0 Å². The number of allylic oxidation sites excluding steroid dienone is 1. The highest BCUT2D eigenvalue weighted by Crippen LogP contribution is 2.17. The zero-order chi connectivity index (χ0) is 9.14. The Morgan fingerprint density at radius 3 is 2.92 bits per heavy atom. The van der Waals surface area contributed by atoms with Crippen LogP contribution in [0.15, 0.2) is 11.8 Å². The Morgan fingerprint density at radius 2 is 2.50 bits per heavy atom. The van der Waals surface area contributed by atoms with Gasteiger partial charge in [0.05, 0.1) is 16.9 Å². The van der Waals surface area contributed by atoms with Gasteiger partial charge >= 0.3 is 0 Å². The molecule has 0 aliphatic heterocycles. The number of hydrogen-bond donors (Lipinski definition) is 0. The molecule has 0 amide bonds. The molecule has 0 N–H and O–H groups in total. The minimum Gasteiger partial charge on any atom is -0.267 e. The van der Waals surface area contributed by atoms with Gasteiger partial charge in [-0.1, -0.05) is 33.1 Å². The van der Waals surface area contributed by atoms with E-state index in [9.17, 15) is 0 Å². The highest BCUT2D eigenvalue weighted by molar-refractivity contribution is 9.09. The maximum Gasteiger partial charge on any atom is 0.0859 e. The molecule has 4 heteroatoms. The van der Waals surface area contributed by atoms with Crippen LogP contribution in [0.3, 0.4) is 0 Å². The van der Waals surface area contributed by atoms with Crippen molar-refractivity contribution in [1.82, 2.24) is 9.78 Å². The van der Waals surface area contributed by atoms with E-state index in [0.29, 0.717) is 5.02 Å². The second-order valence-electron chi connectivity index (χ2n) is 2.63. The molecule has 1 rings (SSSR count). The van der Waals surface area contributed by atoms with Crippen LogP contribution in [0.5, 0.6) is 0 Å². The zero-order valence-electron chi connectivity index (χ0n) is 7.01. The molecule has 0 aliphatic rings. The Kier molecular flexibility index (Phi) is 3.35. The minimum atomic E-state index is 0.692. The molecule has 66 valence electrons. The smallest absolute Gasteiger partial charge is 0.0859 e. The van der Waals surface area contributed by atoms with Crippen molar-refractivity contribution in [3.05, 3.63) is 22.5 Å². The van der Waals surface area contributed by atoms with Crippen LogP contribution in [0.2, 0.25) is 5.02 Å². The molecule has 0 fully saturated rings. The lowest BCUT2D eigenvalue weighted by Crippen LogP contribution is -1.93. The van der Waals surface area contributed by atoms with Gasteiger partial charge in [-0.3, -0.25) is 4.68 Å². The third-order valence-corrected chi connectivity index (χ3v) is 2.71. The summed E-state index contributed by atoms with van der Waals surface area (Å²) in [6.07, 6.45) is 3.67. The lowest BCUT2D eigenvalue weighted by molar-refractivity contribution is 0.759. The lowest BCUT2D eigenvalue weighted by Gasteiger charge is -1.97. The predicted molar refractivity (Wildman–Crippen MR) is 55.7 cm³/mol. The van der Waals surface area contributed by atoms with E-state index >= 15 is 0 Å². The fourth-order valence-electron chi connectivity index (χ4n) is 0.855. The Morgan fingerprint density at radius 1 is 1.83 bits per heavy atom. The van der Waals surface area contributed by atoms with Crippen molar-refractivity contribution in [3.8, 4) is 0 Å². The van der Waals surface area contributed by atoms with Gasteiger partial charge in [-0.15, -0.1) is 0 Å². The standard InChI is InChI=1S/C8H10BrClN2/c1-6(4-9)3-8-7(10)5-11-12(8)2/h3,5H,4H2,1-2H3/b6-3+. The van der Waals surface area contributed by atoms with Crippen LogP contribution in [-0.4, -0.2) is 15.1 Å². The summed E-state index contributed by atoms with van der Waals surface area (Å²) in [6, 6.07) is 0. The van der Waals surface area contributed by atoms with Gasteiger partial charge in [0.1, 0.15) is 0 Å². The summed E-state index contributed by atoms with van der Waals surface area (Å²) in [5, 5.41) is 5.58. The van der Waals surface area contributed by atoms with Crippen molar-refractivity contribution in [1.29, 1.82) is 0 Å². The topological polar surface area (TPSA) is 17.8 Å². The summed E-state index contributed by atoms with van der Waals surface area (Å²) in [5.41, 5.74) is 2.18. The van der Waals surface area contributed by atoms with Crippen LogP contribution in [0.4, 0.5) is 0 Å². The van der Waals surface area contributed by atoms with Gasteiger partial charge in [-0.05, 0) is 13.0 Å². The zero-order valence-corrected chi connectivity index (χ0v) is 9.35. The molecular formula is C8H10BrClN2. The average molecular weight is 250 g/mol. The third kappa shape index (κ3) is 2.11. The Hall–Kier alpha value is -0.280. The first kappa shape index (κ1) is 9.81. The molecular weight excluding hydrogens is 239 g/mol. The molecule has 2 nitrogen and oxygen atoms in total. The highest BCUT2D eigenvalue weighted by Gasteiger charge is 2.02. The highest BCUT2D eigenvalue weighted by atomic mass is 79.9. The normalized spacial score (nSPS) is 12.2. The number of rotatable bonds is 2. The van der Waals surface area contributed by atoms with E-state index in [4.69, 9.17) is 11.6 Å². The summed E-state index contributed by atoms with van der Waals surface area (Å²) in [7, 11) is 1.87. The lowest BCUT2D eigenvalue weighted by atomic mass is 10.3. The summed E-state index contributed by atoms with van der Waals surface area (Å²) >= 11 is 9.27. The van der Waals surface area contributed by atoms with Crippen LogP contribution in [0.25, 0.3) is 6.08 Å². The van der Waals surface area contributed by atoms with Crippen molar-refractivity contribution in [2.24, 2.45) is 7.05 Å². The SMILES string of the molecule is C/C(=C\c1c(Cl)cnn1C)CBr. The molecule has 0 unspecified atom stereocenters. The minimum absolute atomic E-state index is 0.692. The first-order valence-electron chi connectivity index (χ1n) is 3.55. The van der Waals surface area contributed by atoms with E-state index in [1.807, 2.05) is 20.0 Å². The average Bonchev–Trinajstić information content (AvgIpc) is 2.35. The molecule has 1 aromatic heterocycles. The monoisotopic (exact) mass is 248 g/mol. The maximum absolute atomic E-state index is 5.90. The molecule has 0 saturated heterocycles. The van der Waals surface area contributed by atoms with Crippen molar-refractivity contribution in [2.75, 3.05) is 5.33 Å². The van der Waals surface area contributed by atoms with Crippen molar-refractivity contribution in [2.45, 2.75) is 6.92 Å². The van der Waals surface area contributed by atoms with E-state index in [-0.39, 0.29) is 0 Å². The van der Waals surface area contributed by atoms with E-state index in [0.717, 1.165) is 11.0 Å². The summed E-state index contributed by atoms with van der Waals surface area (Å²) < 4.78 is 1.76. The molecule has 0 radical (unpaired) electrons. The fourth-order valence-corrected chi connectivity index (χ4v) is 1.24. The summed E-state index contributed by atoms with van der Waals surface area (Å²) in [4.78, 5) is 0. The van der Waals surface area contributed by atoms with Crippen LogP contribution >= 0.6 is 27.5 Å². The van der Waals surface area contributed by atoms with Crippen LogP contribution in [-0.2, 0) is 7.05 Å². The third-order valence-electron chi connectivity index (χ3n) is 1.53. The fraction of sp³-hybridized carbons (Fsp3) is 0.375. The molecule has 0 atom stereocenters. The van der Waals surface area contributed by atoms with E-state index in [2.05, 4.69) is 21.0 Å². The Balaban J connectivity index is 3.02. The first-order chi connectivity index (χ1) is 5.65. The quantitative estimate of drug-likeness (QED) is 0.737.